The van der Waals surface area contributed by atoms with E-state index in [0.717, 1.165) is 6.08 Å². The molecule has 0 bridgehead atoms. The van der Waals surface area contributed by atoms with Gasteiger partial charge in [-0.1, -0.05) is 0 Å². The molecule has 7 nitrogen and oxygen atoms in total. The zero-order valence-corrected chi connectivity index (χ0v) is 13.8. The minimum atomic E-state index is -0.997. The number of Topliss-reactive ketones (excluding diaryl/α,β-unsaturated/α-hetero) is 1. The number of hydrogen-bond donors (Lipinski definition) is 2. The molecule has 1 aromatic carbocycles. The smallest absolute Gasteiger partial charge is 0.305 e. The number of carboxylic acids is 1. The third kappa shape index (κ3) is 6.04. The van der Waals surface area contributed by atoms with Crippen molar-refractivity contribution in [3.8, 4) is 0 Å². The lowest BCUT2D eigenvalue weighted by Gasteiger charge is -2.16. The summed E-state index contributed by atoms with van der Waals surface area (Å²) in [5.41, 5.74) is 1.23. The highest BCUT2D eigenvalue weighted by molar-refractivity contribution is 6.06. The number of anilines is 1. The molecule has 24 heavy (non-hydrogen) atoms. The largest absolute Gasteiger partial charge is 0.481 e. The summed E-state index contributed by atoms with van der Waals surface area (Å²) in [6, 6.07) is 6.38. The lowest BCUT2D eigenvalue weighted by molar-refractivity contribution is -0.137. The summed E-state index contributed by atoms with van der Waals surface area (Å²) in [5, 5.41) is 11.2. The fourth-order valence-corrected chi connectivity index (χ4v) is 1.89. The average Bonchev–Trinajstić information content (AvgIpc) is 2.52. The number of amides is 2. The molecule has 0 atom stereocenters. The number of rotatable bonds is 7. The molecular formula is C17H20N2O5. The molecule has 0 unspecified atom stereocenters. The van der Waals surface area contributed by atoms with Gasteiger partial charge in [-0.05, 0) is 38.1 Å². The van der Waals surface area contributed by atoms with Crippen LogP contribution in [-0.4, -0.2) is 47.2 Å². The molecule has 0 saturated heterocycles. The SMILES string of the molecule is CC(=O)c1ccc(NC(=O)/C=C(\C)C(=O)N(C)CCC(=O)O)cc1. The first-order valence-electron chi connectivity index (χ1n) is 7.28. The van der Waals surface area contributed by atoms with Crippen LogP contribution in [-0.2, 0) is 14.4 Å². The minimum absolute atomic E-state index is 0.0630. The van der Waals surface area contributed by atoms with Gasteiger partial charge in [0.2, 0.25) is 11.8 Å². The minimum Gasteiger partial charge on any atom is -0.481 e. The van der Waals surface area contributed by atoms with Crippen LogP contribution in [0.5, 0.6) is 0 Å². The zero-order chi connectivity index (χ0) is 18.3. The molecule has 0 heterocycles. The first kappa shape index (κ1) is 19.1. The molecule has 0 fully saturated rings. The molecule has 2 amide bonds. The van der Waals surface area contributed by atoms with Gasteiger partial charge in [0.1, 0.15) is 0 Å². The molecule has 0 aliphatic rings. The van der Waals surface area contributed by atoms with Crippen LogP contribution in [0.4, 0.5) is 5.69 Å². The van der Waals surface area contributed by atoms with E-state index in [-0.39, 0.29) is 24.3 Å². The van der Waals surface area contributed by atoms with E-state index in [1.165, 1.54) is 25.8 Å². The number of carboxylic acid groups (broad SMARTS) is 1. The van der Waals surface area contributed by atoms with E-state index < -0.39 is 17.8 Å². The molecule has 0 saturated carbocycles. The zero-order valence-electron chi connectivity index (χ0n) is 13.8. The molecular weight excluding hydrogens is 312 g/mol. The Labute approximate surface area is 140 Å². The number of likely N-dealkylation sites (N-methyl/N-ethyl adjacent to an activating group) is 1. The maximum atomic E-state index is 12.0. The molecule has 2 N–H and O–H groups in total. The van der Waals surface area contributed by atoms with Crippen LogP contribution >= 0.6 is 0 Å². The van der Waals surface area contributed by atoms with E-state index >= 15 is 0 Å². The summed E-state index contributed by atoms with van der Waals surface area (Å²) in [6.45, 7) is 3.00. The van der Waals surface area contributed by atoms with Crippen molar-refractivity contribution >= 4 is 29.3 Å². The first-order valence-corrected chi connectivity index (χ1v) is 7.28. The van der Waals surface area contributed by atoms with Crippen LogP contribution in [0.25, 0.3) is 0 Å². The van der Waals surface area contributed by atoms with Crippen molar-refractivity contribution in [2.75, 3.05) is 18.9 Å². The second-order valence-electron chi connectivity index (χ2n) is 5.32. The Kier molecular flexibility index (Phi) is 6.85. The Morgan fingerprint density at radius 2 is 1.71 bits per heavy atom. The molecule has 128 valence electrons. The van der Waals surface area contributed by atoms with Gasteiger partial charge in [0.05, 0.1) is 6.42 Å². The Hall–Kier alpha value is -2.96. The highest BCUT2D eigenvalue weighted by atomic mass is 16.4. The predicted octanol–water partition coefficient (Wildman–Crippen LogP) is 1.71. The van der Waals surface area contributed by atoms with E-state index in [1.807, 2.05) is 0 Å². The normalized spacial score (nSPS) is 10.9. The van der Waals surface area contributed by atoms with Crippen LogP contribution in [0.15, 0.2) is 35.9 Å². The van der Waals surface area contributed by atoms with E-state index in [9.17, 15) is 19.2 Å². The first-order chi connectivity index (χ1) is 11.2. The van der Waals surface area contributed by atoms with Gasteiger partial charge < -0.3 is 15.3 Å². The summed E-state index contributed by atoms with van der Waals surface area (Å²) in [5.74, 6) is -1.97. The lowest BCUT2D eigenvalue weighted by Crippen LogP contribution is -2.30. The predicted molar refractivity (Wildman–Crippen MR) is 88.7 cm³/mol. The molecule has 0 aliphatic carbocycles. The van der Waals surface area contributed by atoms with Gasteiger partial charge in [-0.3, -0.25) is 19.2 Å². The number of nitrogens with one attached hydrogen (secondary N) is 1. The number of aliphatic carboxylic acids is 1. The van der Waals surface area contributed by atoms with Crippen LogP contribution in [0.3, 0.4) is 0 Å². The van der Waals surface area contributed by atoms with Gasteiger partial charge in [0.25, 0.3) is 0 Å². The van der Waals surface area contributed by atoms with Gasteiger partial charge in [-0.2, -0.15) is 0 Å². The fraction of sp³-hybridized carbons (Fsp3) is 0.294. The molecule has 0 aliphatic heterocycles. The van der Waals surface area contributed by atoms with Gasteiger partial charge in [-0.25, -0.2) is 0 Å². The third-order valence-electron chi connectivity index (χ3n) is 3.25. The van der Waals surface area contributed by atoms with Crippen molar-refractivity contribution < 1.29 is 24.3 Å². The molecule has 0 spiro atoms. The molecule has 1 rings (SSSR count). The van der Waals surface area contributed by atoms with Crippen LogP contribution < -0.4 is 5.32 Å². The van der Waals surface area contributed by atoms with Crippen molar-refractivity contribution in [1.82, 2.24) is 4.90 Å². The number of nitrogens with zero attached hydrogens (tertiary/aromatic N) is 1. The fourth-order valence-electron chi connectivity index (χ4n) is 1.89. The van der Waals surface area contributed by atoms with Crippen molar-refractivity contribution in [3.05, 3.63) is 41.5 Å². The Balaban J connectivity index is 2.66. The molecule has 7 heteroatoms. The number of benzene rings is 1. The van der Waals surface area contributed by atoms with Crippen molar-refractivity contribution in [1.29, 1.82) is 0 Å². The highest BCUT2D eigenvalue weighted by Gasteiger charge is 2.13. The van der Waals surface area contributed by atoms with Crippen LogP contribution in [0.2, 0.25) is 0 Å². The Morgan fingerprint density at radius 1 is 1.12 bits per heavy atom. The quantitative estimate of drug-likeness (QED) is 0.584. The number of carbonyl (C=O) groups excluding carboxylic acids is 3. The van der Waals surface area contributed by atoms with Crippen LogP contribution in [0.1, 0.15) is 30.6 Å². The highest BCUT2D eigenvalue weighted by Crippen LogP contribution is 2.10. The van der Waals surface area contributed by atoms with Gasteiger partial charge in [0.15, 0.2) is 5.78 Å². The van der Waals surface area contributed by atoms with E-state index in [0.29, 0.717) is 11.3 Å². The van der Waals surface area contributed by atoms with Crippen molar-refractivity contribution in [2.24, 2.45) is 0 Å². The Morgan fingerprint density at radius 3 is 2.21 bits per heavy atom. The summed E-state index contributed by atoms with van der Waals surface area (Å²) < 4.78 is 0. The number of hydrogen-bond acceptors (Lipinski definition) is 4. The molecule has 0 radical (unpaired) electrons. The topological polar surface area (TPSA) is 104 Å². The van der Waals surface area contributed by atoms with Gasteiger partial charge >= 0.3 is 5.97 Å². The number of carbonyl (C=O) groups is 4. The second-order valence-corrected chi connectivity index (χ2v) is 5.32. The maximum absolute atomic E-state index is 12.0. The van der Waals surface area contributed by atoms with E-state index in [2.05, 4.69) is 5.32 Å². The van der Waals surface area contributed by atoms with Gasteiger partial charge in [0, 0.05) is 36.5 Å². The second kappa shape index (κ2) is 8.61. The van der Waals surface area contributed by atoms with Crippen LogP contribution in [0, 0.1) is 0 Å². The summed E-state index contributed by atoms with van der Waals surface area (Å²) in [7, 11) is 1.47. The molecule has 1 aromatic rings. The van der Waals surface area contributed by atoms with Crippen molar-refractivity contribution in [3.63, 3.8) is 0 Å². The maximum Gasteiger partial charge on any atom is 0.305 e. The summed E-state index contributed by atoms with van der Waals surface area (Å²) in [4.78, 5) is 46.9. The summed E-state index contributed by atoms with van der Waals surface area (Å²) in [6.07, 6.45) is 0.989. The lowest BCUT2D eigenvalue weighted by atomic mass is 10.1. The van der Waals surface area contributed by atoms with E-state index in [4.69, 9.17) is 5.11 Å². The van der Waals surface area contributed by atoms with E-state index in [1.54, 1.807) is 24.3 Å². The van der Waals surface area contributed by atoms with Crippen molar-refractivity contribution in [2.45, 2.75) is 20.3 Å². The third-order valence-corrected chi connectivity index (χ3v) is 3.25. The van der Waals surface area contributed by atoms with Gasteiger partial charge in [-0.15, -0.1) is 0 Å². The number of ketones is 1. The monoisotopic (exact) mass is 332 g/mol. The molecule has 0 aromatic heterocycles. The standard InChI is InChI=1S/C17H20N2O5/c1-11(17(24)19(3)9-8-16(22)23)10-15(21)18-14-6-4-13(5-7-14)12(2)20/h4-7,10H,8-9H2,1-3H3,(H,18,21)(H,22,23)/b11-10+. The average molecular weight is 332 g/mol. The summed E-state index contributed by atoms with van der Waals surface area (Å²) >= 11 is 0. The Bertz CT molecular complexity index is 677.